The summed E-state index contributed by atoms with van der Waals surface area (Å²) in [4.78, 5) is 25.2. The molecule has 5 nitrogen and oxygen atoms in total. The second kappa shape index (κ2) is 7.28. The van der Waals surface area contributed by atoms with Crippen LogP contribution in [0.3, 0.4) is 0 Å². The summed E-state index contributed by atoms with van der Waals surface area (Å²) in [5.41, 5.74) is 3.41. The van der Waals surface area contributed by atoms with Crippen LogP contribution in [-0.2, 0) is 14.3 Å². The fourth-order valence-corrected chi connectivity index (χ4v) is 6.92. The largest absolute Gasteiger partial charge is 0.449 e. The summed E-state index contributed by atoms with van der Waals surface area (Å²) >= 11 is 0. The van der Waals surface area contributed by atoms with Gasteiger partial charge in [-0.25, -0.2) is 4.79 Å². The van der Waals surface area contributed by atoms with E-state index in [-0.39, 0.29) is 11.4 Å². The van der Waals surface area contributed by atoms with Gasteiger partial charge in [0, 0.05) is 29.0 Å². The van der Waals surface area contributed by atoms with E-state index in [0.29, 0.717) is 6.04 Å². The van der Waals surface area contributed by atoms with E-state index in [1.54, 1.807) is 6.92 Å². The maximum Gasteiger partial charge on any atom is 0.331 e. The predicted octanol–water partition coefficient (Wildman–Crippen LogP) is 4.47. The number of hydrogen-bond donors (Lipinski definition) is 1. The quantitative estimate of drug-likeness (QED) is 0.556. The maximum absolute atomic E-state index is 12.8. The molecule has 0 aromatic carbocycles. The van der Waals surface area contributed by atoms with Gasteiger partial charge in [0.25, 0.3) is 5.91 Å². The Kier molecular flexibility index (Phi) is 4.83. The second-order valence-electron chi connectivity index (χ2n) is 10.5. The molecule has 0 spiro atoms. The average molecular weight is 411 g/mol. The van der Waals surface area contributed by atoms with Crippen LogP contribution >= 0.6 is 0 Å². The van der Waals surface area contributed by atoms with E-state index in [1.807, 2.05) is 6.08 Å². The van der Waals surface area contributed by atoms with Crippen molar-refractivity contribution in [3.8, 4) is 0 Å². The number of esters is 1. The number of hydrogen-bond acceptors (Lipinski definition) is 3. The zero-order chi connectivity index (χ0) is 21.0. The Bertz CT molecular complexity index is 857. The molecule has 6 rings (SSSR count). The summed E-state index contributed by atoms with van der Waals surface area (Å²) in [5.74, 6) is 1.70. The van der Waals surface area contributed by atoms with Crippen molar-refractivity contribution in [1.29, 1.82) is 0 Å². The van der Waals surface area contributed by atoms with Crippen LogP contribution in [0.15, 0.2) is 12.1 Å². The van der Waals surface area contributed by atoms with Gasteiger partial charge in [-0.1, -0.05) is 0 Å². The molecule has 1 atom stereocenters. The number of carbonyl (C=O) groups is 2. The van der Waals surface area contributed by atoms with E-state index in [1.165, 1.54) is 49.6 Å². The molecule has 162 valence electrons. The molecule has 0 radical (unpaired) electrons. The van der Waals surface area contributed by atoms with Gasteiger partial charge in [-0.2, -0.15) is 0 Å². The van der Waals surface area contributed by atoms with Crippen LogP contribution in [-0.4, -0.2) is 28.1 Å². The molecule has 0 saturated heterocycles. The number of aromatic nitrogens is 1. The van der Waals surface area contributed by atoms with Crippen LogP contribution in [0.4, 0.5) is 0 Å². The fourth-order valence-electron chi connectivity index (χ4n) is 6.92. The standard InChI is InChI=1S/C25H34N2O3/c1-15-8-21(16(2)27(15)22-5-6-22)4-7-23(28)30-17(3)24(29)26-25-12-18-9-19(13-25)11-20(10-18)14-25/h4,7-8,17-20,22H,5-6,9-14H2,1-3H3,(H,26,29)/b7-4+/t17-,18?,19?,20?,25?/m1/s1. The van der Waals surface area contributed by atoms with Gasteiger partial charge in [0.05, 0.1) is 0 Å². The zero-order valence-electron chi connectivity index (χ0n) is 18.4. The van der Waals surface area contributed by atoms with Crippen LogP contribution in [0.5, 0.6) is 0 Å². The fraction of sp³-hybridized carbons (Fsp3) is 0.680. The highest BCUT2D eigenvalue weighted by atomic mass is 16.5. The number of nitrogens with zero attached hydrogens (tertiary/aromatic N) is 1. The van der Waals surface area contributed by atoms with Crippen LogP contribution < -0.4 is 5.32 Å². The third-order valence-corrected chi connectivity index (χ3v) is 7.92. The molecule has 1 N–H and O–H groups in total. The van der Waals surface area contributed by atoms with Gasteiger partial charge in [-0.3, -0.25) is 4.79 Å². The van der Waals surface area contributed by atoms with Crippen molar-refractivity contribution >= 4 is 18.0 Å². The second-order valence-corrected chi connectivity index (χ2v) is 10.5. The normalized spacial score (nSPS) is 33.1. The van der Waals surface area contributed by atoms with Crippen LogP contribution in [0, 0.1) is 31.6 Å². The first-order valence-electron chi connectivity index (χ1n) is 11.7. The van der Waals surface area contributed by atoms with Gasteiger partial charge < -0.3 is 14.6 Å². The Balaban J connectivity index is 1.18. The molecule has 5 aliphatic rings. The van der Waals surface area contributed by atoms with E-state index in [4.69, 9.17) is 4.74 Å². The smallest absolute Gasteiger partial charge is 0.331 e. The SMILES string of the molecule is Cc1cc(/C=C/C(=O)O[C@H](C)C(=O)NC23CC4CC(CC(C4)C2)C3)c(C)n1C1CC1. The number of carbonyl (C=O) groups excluding carboxylic acids is 2. The Morgan fingerprint density at radius 2 is 1.73 bits per heavy atom. The Labute approximate surface area is 179 Å². The number of ether oxygens (including phenoxy) is 1. The lowest BCUT2D eigenvalue weighted by atomic mass is 9.53. The topological polar surface area (TPSA) is 60.3 Å². The molecular formula is C25H34N2O3. The lowest BCUT2D eigenvalue weighted by molar-refractivity contribution is -0.152. The summed E-state index contributed by atoms with van der Waals surface area (Å²) < 4.78 is 7.79. The van der Waals surface area contributed by atoms with Crippen molar-refractivity contribution < 1.29 is 14.3 Å². The van der Waals surface area contributed by atoms with Gasteiger partial charge >= 0.3 is 5.97 Å². The third-order valence-electron chi connectivity index (χ3n) is 7.92. The molecule has 30 heavy (non-hydrogen) atoms. The number of rotatable bonds is 6. The first-order valence-corrected chi connectivity index (χ1v) is 11.7. The molecule has 1 heterocycles. The minimum absolute atomic E-state index is 0.0529. The number of amides is 1. The molecule has 4 bridgehead atoms. The molecule has 1 aromatic rings. The molecule has 5 saturated carbocycles. The molecule has 5 aliphatic carbocycles. The number of nitrogens with one attached hydrogen (secondary N) is 1. The van der Waals surface area contributed by atoms with E-state index in [9.17, 15) is 9.59 Å². The van der Waals surface area contributed by atoms with Crippen molar-refractivity contribution in [2.24, 2.45) is 17.8 Å². The Morgan fingerprint density at radius 1 is 1.13 bits per heavy atom. The first kappa shape index (κ1) is 19.9. The van der Waals surface area contributed by atoms with Gasteiger partial charge in [-0.05, 0) is 108 Å². The highest BCUT2D eigenvalue weighted by molar-refractivity contribution is 5.90. The van der Waals surface area contributed by atoms with Crippen LogP contribution in [0.1, 0.15) is 81.3 Å². The van der Waals surface area contributed by atoms with Crippen molar-refractivity contribution in [2.75, 3.05) is 0 Å². The van der Waals surface area contributed by atoms with Crippen LogP contribution in [0.2, 0.25) is 0 Å². The summed E-state index contributed by atoms with van der Waals surface area (Å²) in [7, 11) is 0. The highest BCUT2D eigenvalue weighted by Crippen LogP contribution is 2.55. The van der Waals surface area contributed by atoms with Gasteiger partial charge in [0.2, 0.25) is 0 Å². The predicted molar refractivity (Wildman–Crippen MR) is 116 cm³/mol. The molecule has 5 fully saturated rings. The Hall–Kier alpha value is -2.04. The van der Waals surface area contributed by atoms with Gasteiger partial charge in [0.1, 0.15) is 0 Å². The van der Waals surface area contributed by atoms with E-state index >= 15 is 0 Å². The molecule has 1 aromatic heterocycles. The van der Waals surface area contributed by atoms with Crippen molar-refractivity contribution in [1.82, 2.24) is 9.88 Å². The van der Waals surface area contributed by atoms with Crippen molar-refractivity contribution in [2.45, 2.75) is 89.8 Å². The minimum atomic E-state index is -0.769. The lowest BCUT2D eigenvalue weighted by Crippen LogP contribution is -2.61. The molecule has 5 heteroatoms. The monoisotopic (exact) mass is 410 g/mol. The summed E-state index contributed by atoms with van der Waals surface area (Å²) in [6.45, 7) is 5.89. The minimum Gasteiger partial charge on any atom is -0.449 e. The highest BCUT2D eigenvalue weighted by Gasteiger charge is 2.51. The molecule has 0 aliphatic heterocycles. The van der Waals surface area contributed by atoms with E-state index in [0.717, 1.165) is 42.6 Å². The number of aryl methyl sites for hydroxylation is 1. The van der Waals surface area contributed by atoms with Crippen LogP contribution in [0.25, 0.3) is 6.08 Å². The maximum atomic E-state index is 12.8. The van der Waals surface area contributed by atoms with E-state index in [2.05, 4.69) is 29.8 Å². The molecule has 1 amide bonds. The van der Waals surface area contributed by atoms with Gasteiger partial charge in [0.15, 0.2) is 6.10 Å². The van der Waals surface area contributed by atoms with Gasteiger partial charge in [-0.15, -0.1) is 0 Å². The first-order chi connectivity index (χ1) is 14.3. The summed E-state index contributed by atoms with van der Waals surface area (Å²) in [5, 5.41) is 3.30. The summed E-state index contributed by atoms with van der Waals surface area (Å²) in [6.07, 6.45) is 12.3. The zero-order valence-corrected chi connectivity index (χ0v) is 18.4. The summed E-state index contributed by atoms with van der Waals surface area (Å²) in [6, 6.07) is 2.73. The van der Waals surface area contributed by atoms with Crippen molar-refractivity contribution in [3.05, 3.63) is 29.1 Å². The van der Waals surface area contributed by atoms with Crippen molar-refractivity contribution in [3.63, 3.8) is 0 Å². The lowest BCUT2D eigenvalue weighted by Gasteiger charge is -2.57. The Morgan fingerprint density at radius 3 is 2.30 bits per heavy atom. The third kappa shape index (κ3) is 3.72. The average Bonchev–Trinajstić information content (AvgIpc) is 3.44. The molecular weight excluding hydrogens is 376 g/mol. The van der Waals surface area contributed by atoms with E-state index < -0.39 is 12.1 Å². The molecule has 0 unspecified atom stereocenters.